The minimum Gasteiger partial charge on any atom is -0.380 e. The maximum Gasteiger partial charge on any atom is 0.255 e. The second-order valence-corrected chi connectivity index (χ2v) is 7.96. The van der Waals surface area contributed by atoms with E-state index >= 15 is 0 Å². The predicted molar refractivity (Wildman–Crippen MR) is 118 cm³/mol. The number of aromatic nitrogens is 4. The van der Waals surface area contributed by atoms with E-state index < -0.39 is 36.1 Å². The standard InChI is InChI=1S/C23H26N6O4/c1-15(16-6-8-17(9-7-16)29-14-4-12-26-29)27-22(32)19(30)20(31)23(33)28-13-2-5-18(28)21-24-10-3-11-25-21/h3-4,6-12,14-15,18-20,30-31H,2,5,13H2,1H3,(H,27,32)/t15-,18-,19-,20-/m1/s1. The van der Waals surface area contributed by atoms with Gasteiger partial charge in [-0.3, -0.25) is 9.59 Å². The molecule has 0 spiro atoms. The lowest BCUT2D eigenvalue weighted by molar-refractivity contribution is -0.154. The van der Waals surface area contributed by atoms with Crippen LogP contribution in [0.15, 0.2) is 61.2 Å². The Bertz CT molecular complexity index is 1070. The number of carbonyl (C=O) groups is 2. The molecule has 172 valence electrons. The van der Waals surface area contributed by atoms with Gasteiger partial charge in [-0.15, -0.1) is 0 Å². The molecule has 4 rings (SSSR count). The van der Waals surface area contributed by atoms with Gasteiger partial charge in [0.2, 0.25) is 0 Å². The van der Waals surface area contributed by atoms with Crippen molar-refractivity contribution in [2.24, 2.45) is 0 Å². The van der Waals surface area contributed by atoms with E-state index in [1.165, 1.54) is 4.90 Å². The van der Waals surface area contributed by atoms with Gasteiger partial charge in [0.05, 0.1) is 17.8 Å². The quantitative estimate of drug-likeness (QED) is 0.487. The molecule has 1 aliphatic rings. The van der Waals surface area contributed by atoms with Crippen molar-refractivity contribution < 1.29 is 19.8 Å². The number of hydrogen-bond acceptors (Lipinski definition) is 7. The highest BCUT2D eigenvalue weighted by atomic mass is 16.3. The number of aliphatic hydroxyl groups excluding tert-OH is 2. The Morgan fingerprint density at radius 1 is 1.06 bits per heavy atom. The van der Waals surface area contributed by atoms with Crippen LogP contribution in [-0.4, -0.2) is 65.4 Å². The van der Waals surface area contributed by atoms with Gasteiger partial charge in [-0.05, 0) is 49.6 Å². The lowest BCUT2D eigenvalue weighted by atomic mass is 10.1. The summed E-state index contributed by atoms with van der Waals surface area (Å²) >= 11 is 0. The molecule has 0 radical (unpaired) electrons. The van der Waals surface area contributed by atoms with E-state index in [0.717, 1.165) is 17.7 Å². The van der Waals surface area contributed by atoms with Crippen molar-refractivity contribution in [3.63, 3.8) is 0 Å². The average molecular weight is 450 g/mol. The number of carbonyl (C=O) groups excluding carboxylic acids is 2. The number of aliphatic hydroxyl groups is 2. The monoisotopic (exact) mass is 450 g/mol. The maximum atomic E-state index is 12.9. The molecule has 2 amide bonds. The number of rotatable bonds is 7. The highest BCUT2D eigenvalue weighted by Gasteiger charge is 2.39. The third-order valence-electron chi connectivity index (χ3n) is 5.76. The van der Waals surface area contributed by atoms with Crippen LogP contribution in [0, 0.1) is 0 Å². The van der Waals surface area contributed by atoms with Crippen molar-refractivity contribution >= 4 is 11.8 Å². The summed E-state index contributed by atoms with van der Waals surface area (Å²) in [7, 11) is 0. The van der Waals surface area contributed by atoms with E-state index in [0.29, 0.717) is 18.8 Å². The first kappa shape index (κ1) is 22.6. The third-order valence-corrected chi connectivity index (χ3v) is 5.76. The summed E-state index contributed by atoms with van der Waals surface area (Å²) in [4.78, 5) is 35.2. The Morgan fingerprint density at radius 3 is 2.45 bits per heavy atom. The fourth-order valence-corrected chi connectivity index (χ4v) is 3.95. The topological polar surface area (TPSA) is 133 Å². The maximum absolute atomic E-state index is 12.9. The van der Waals surface area contributed by atoms with Gasteiger partial charge in [0.15, 0.2) is 18.0 Å². The van der Waals surface area contributed by atoms with Crippen molar-refractivity contribution in [2.45, 2.75) is 44.1 Å². The van der Waals surface area contributed by atoms with E-state index in [4.69, 9.17) is 0 Å². The molecule has 3 aromatic rings. The number of amides is 2. The first-order chi connectivity index (χ1) is 16.0. The van der Waals surface area contributed by atoms with Crippen LogP contribution >= 0.6 is 0 Å². The molecular weight excluding hydrogens is 424 g/mol. The summed E-state index contributed by atoms with van der Waals surface area (Å²) in [6.45, 7) is 2.15. The summed E-state index contributed by atoms with van der Waals surface area (Å²) in [5.74, 6) is -1.07. The fraction of sp³-hybridized carbons (Fsp3) is 0.348. The Hall–Kier alpha value is -3.63. The molecule has 3 N–H and O–H groups in total. The van der Waals surface area contributed by atoms with Crippen LogP contribution in [0.4, 0.5) is 0 Å². The molecule has 0 saturated carbocycles. The molecule has 10 nitrogen and oxygen atoms in total. The first-order valence-electron chi connectivity index (χ1n) is 10.8. The van der Waals surface area contributed by atoms with E-state index in [1.54, 1.807) is 36.3 Å². The number of likely N-dealkylation sites (tertiary alicyclic amines) is 1. The Labute approximate surface area is 190 Å². The average Bonchev–Trinajstić information content (AvgIpc) is 3.56. The molecule has 1 aliphatic heterocycles. The molecule has 4 atom stereocenters. The zero-order valence-electron chi connectivity index (χ0n) is 18.2. The van der Waals surface area contributed by atoms with E-state index in [9.17, 15) is 19.8 Å². The molecule has 0 bridgehead atoms. The summed E-state index contributed by atoms with van der Waals surface area (Å²) in [5.41, 5.74) is 1.67. The molecule has 33 heavy (non-hydrogen) atoms. The van der Waals surface area contributed by atoms with Crippen LogP contribution in [0.1, 0.15) is 43.2 Å². The third kappa shape index (κ3) is 4.91. The highest BCUT2D eigenvalue weighted by Crippen LogP contribution is 2.30. The van der Waals surface area contributed by atoms with Gasteiger partial charge < -0.3 is 20.4 Å². The molecule has 10 heteroatoms. The predicted octanol–water partition coefficient (Wildman–Crippen LogP) is 0.925. The van der Waals surface area contributed by atoms with Gasteiger partial charge >= 0.3 is 0 Å². The van der Waals surface area contributed by atoms with E-state index in [1.807, 2.05) is 36.5 Å². The van der Waals surface area contributed by atoms with Crippen LogP contribution in [0.2, 0.25) is 0 Å². The van der Waals surface area contributed by atoms with Crippen LogP contribution in [0.25, 0.3) is 5.69 Å². The normalized spacial score (nSPS) is 18.5. The van der Waals surface area contributed by atoms with Crippen LogP contribution in [0.5, 0.6) is 0 Å². The number of benzene rings is 1. The summed E-state index contributed by atoms with van der Waals surface area (Å²) in [6, 6.07) is 10.1. The van der Waals surface area contributed by atoms with E-state index in [-0.39, 0.29) is 0 Å². The zero-order chi connectivity index (χ0) is 23.4. The van der Waals surface area contributed by atoms with E-state index in [2.05, 4.69) is 20.4 Å². The van der Waals surface area contributed by atoms with Crippen molar-refractivity contribution in [1.29, 1.82) is 0 Å². The first-order valence-corrected chi connectivity index (χ1v) is 10.8. The minimum absolute atomic E-state index is 0.393. The molecule has 1 fully saturated rings. The molecule has 3 heterocycles. The smallest absolute Gasteiger partial charge is 0.255 e. The van der Waals surface area contributed by atoms with Crippen molar-refractivity contribution in [1.82, 2.24) is 30.0 Å². The lowest BCUT2D eigenvalue weighted by Crippen LogP contribution is -2.51. The second kappa shape index (κ2) is 9.88. The highest BCUT2D eigenvalue weighted by molar-refractivity contribution is 5.91. The lowest BCUT2D eigenvalue weighted by Gasteiger charge is -2.28. The second-order valence-electron chi connectivity index (χ2n) is 7.96. The molecule has 1 aromatic carbocycles. The van der Waals surface area contributed by atoms with Crippen molar-refractivity contribution in [3.05, 3.63) is 72.6 Å². The van der Waals surface area contributed by atoms with Gasteiger partial charge in [-0.2, -0.15) is 5.10 Å². The zero-order valence-corrected chi connectivity index (χ0v) is 18.2. The molecule has 2 aromatic heterocycles. The van der Waals surface area contributed by atoms with Crippen molar-refractivity contribution in [3.8, 4) is 5.69 Å². The van der Waals surface area contributed by atoms with Gasteiger partial charge in [-0.1, -0.05) is 12.1 Å². The van der Waals surface area contributed by atoms with Crippen molar-refractivity contribution in [2.75, 3.05) is 6.54 Å². The number of nitrogens with one attached hydrogen (secondary N) is 1. The number of hydrogen-bond donors (Lipinski definition) is 3. The van der Waals surface area contributed by atoms with Crippen LogP contribution in [0.3, 0.4) is 0 Å². The summed E-state index contributed by atoms with van der Waals surface area (Å²) in [6.07, 6.45) is 4.26. The Morgan fingerprint density at radius 2 is 1.79 bits per heavy atom. The Kier molecular flexibility index (Phi) is 6.76. The molecule has 0 aliphatic carbocycles. The SMILES string of the molecule is C[C@@H](NC(=O)[C@H](O)[C@@H](O)C(=O)N1CCC[C@@H]1c1ncccn1)c1ccc(-n2cccn2)cc1. The molecule has 0 unspecified atom stereocenters. The summed E-state index contributed by atoms with van der Waals surface area (Å²) < 4.78 is 1.71. The minimum atomic E-state index is -1.90. The van der Waals surface area contributed by atoms with Gasteiger partial charge in [0, 0.05) is 31.3 Å². The summed E-state index contributed by atoms with van der Waals surface area (Å²) in [5, 5.41) is 27.7. The number of nitrogens with zero attached hydrogens (tertiary/aromatic N) is 5. The largest absolute Gasteiger partial charge is 0.380 e. The Balaban J connectivity index is 1.37. The van der Waals surface area contributed by atoms with Crippen LogP contribution in [-0.2, 0) is 9.59 Å². The van der Waals surface area contributed by atoms with Gasteiger partial charge in [0.1, 0.15) is 0 Å². The molecule has 1 saturated heterocycles. The van der Waals surface area contributed by atoms with Crippen LogP contribution < -0.4 is 5.32 Å². The van der Waals surface area contributed by atoms with Gasteiger partial charge in [0.25, 0.3) is 11.8 Å². The van der Waals surface area contributed by atoms with Gasteiger partial charge in [-0.25, -0.2) is 14.6 Å². The fourth-order valence-electron chi connectivity index (χ4n) is 3.95. The molecular formula is C23H26N6O4.